The van der Waals surface area contributed by atoms with Crippen LogP contribution >= 0.6 is 15.9 Å². The molecule has 4 nitrogen and oxygen atoms in total. The molecule has 1 atom stereocenters. The number of halogens is 1. The van der Waals surface area contributed by atoms with Crippen LogP contribution in [-0.4, -0.2) is 18.3 Å². The minimum atomic E-state index is -0.0622. The van der Waals surface area contributed by atoms with E-state index in [1.165, 1.54) is 0 Å². The predicted octanol–water partition coefficient (Wildman–Crippen LogP) is 1.79. The standard InChI is InChI=1S/C10H15BrN2O2/c1-7(3-4-15-2)13-6-8(12)5-9(11)10(13)14/h5-7H,3-4,12H2,1-2H3. The Morgan fingerprint density at radius 1 is 1.67 bits per heavy atom. The lowest BCUT2D eigenvalue weighted by Gasteiger charge is -2.15. The van der Waals surface area contributed by atoms with Crippen molar-refractivity contribution in [2.24, 2.45) is 0 Å². The van der Waals surface area contributed by atoms with E-state index in [1.54, 1.807) is 23.9 Å². The zero-order valence-electron chi connectivity index (χ0n) is 8.87. The number of aromatic nitrogens is 1. The zero-order valence-corrected chi connectivity index (χ0v) is 10.5. The molecular formula is C10H15BrN2O2. The Morgan fingerprint density at radius 3 is 2.93 bits per heavy atom. The first-order chi connectivity index (χ1) is 7.06. The third-order valence-corrected chi connectivity index (χ3v) is 2.80. The van der Waals surface area contributed by atoms with Gasteiger partial charge in [0, 0.05) is 31.6 Å². The van der Waals surface area contributed by atoms with E-state index in [0.29, 0.717) is 16.8 Å². The third kappa shape index (κ3) is 3.07. The molecule has 1 aromatic rings. The summed E-state index contributed by atoms with van der Waals surface area (Å²) in [6, 6.07) is 1.69. The van der Waals surface area contributed by atoms with E-state index in [2.05, 4.69) is 15.9 Å². The van der Waals surface area contributed by atoms with Gasteiger partial charge in [-0.3, -0.25) is 4.79 Å². The van der Waals surface area contributed by atoms with E-state index in [-0.39, 0.29) is 11.6 Å². The van der Waals surface area contributed by atoms with Crippen molar-refractivity contribution in [1.82, 2.24) is 4.57 Å². The molecule has 1 rings (SSSR count). The highest BCUT2D eigenvalue weighted by molar-refractivity contribution is 9.10. The van der Waals surface area contributed by atoms with E-state index < -0.39 is 0 Å². The van der Waals surface area contributed by atoms with Gasteiger partial charge in [0.05, 0.1) is 4.47 Å². The second-order valence-electron chi connectivity index (χ2n) is 3.46. The van der Waals surface area contributed by atoms with Crippen molar-refractivity contribution in [3.05, 3.63) is 27.1 Å². The van der Waals surface area contributed by atoms with Gasteiger partial charge in [-0.2, -0.15) is 0 Å². The van der Waals surface area contributed by atoms with Crippen LogP contribution in [0.25, 0.3) is 0 Å². The van der Waals surface area contributed by atoms with Gasteiger partial charge in [-0.05, 0) is 35.3 Å². The van der Waals surface area contributed by atoms with E-state index >= 15 is 0 Å². The maximum Gasteiger partial charge on any atom is 0.265 e. The van der Waals surface area contributed by atoms with Crippen LogP contribution in [0.4, 0.5) is 5.69 Å². The summed E-state index contributed by atoms with van der Waals surface area (Å²) < 4.78 is 7.09. The minimum Gasteiger partial charge on any atom is -0.398 e. The Morgan fingerprint density at radius 2 is 2.33 bits per heavy atom. The molecule has 0 aliphatic heterocycles. The van der Waals surface area contributed by atoms with Crippen LogP contribution in [0.3, 0.4) is 0 Å². The fraction of sp³-hybridized carbons (Fsp3) is 0.500. The second-order valence-corrected chi connectivity index (χ2v) is 4.32. The number of ether oxygens (including phenoxy) is 1. The van der Waals surface area contributed by atoms with E-state index in [1.807, 2.05) is 6.92 Å². The average molecular weight is 275 g/mol. The Hall–Kier alpha value is -0.810. The van der Waals surface area contributed by atoms with E-state index in [9.17, 15) is 4.79 Å². The molecule has 15 heavy (non-hydrogen) atoms. The number of nitrogens with zero attached hydrogens (tertiary/aromatic N) is 1. The number of nitrogen functional groups attached to an aromatic ring is 1. The van der Waals surface area contributed by atoms with Crippen LogP contribution in [0.5, 0.6) is 0 Å². The van der Waals surface area contributed by atoms with Crippen LogP contribution in [0, 0.1) is 0 Å². The fourth-order valence-corrected chi connectivity index (χ4v) is 1.81. The van der Waals surface area contributed by atoms with E-state index in [4.69, 9.17) is 10.5 Å². The van der Waals surface area contributed by atoms with Gasteiger partial charge < -0.3 is 15.0 Å². The quantitative estimate of drug-likeness (QED) is 0.911. The van der Waals surface area contributed by atoms with Gasteiger partial charge in [-0.1, -0.05) is 0 Å². The molecule has 5 heteroatoms. The second kappa shape index (κ2) is 5.32. The molecule has 1 heterocycles. The number of pyridine rings is 1. The molecule has 0 aromatic carbocycles. The fourth-order valence-electron chi connectivity index (χ4n) is 1.34. The van der Waals surface area contributed by atoms with Crippen molar-refractivity contribution in [2.75, 3.05) is 19.5 Å². The van der Waals surface area contributed by atoms with Crippen LogP contribution in [0.2, 0.25) is 0 Å². The molecule has 0 bridgehead atoms. The number of nitrogens with two attached hydrogens (primary N) is 1. The summed E-state index contributed by atoms with van der Waals surface area (Å²) in [5.74, 6) is 0. The van der Waals surface area contributed by atoms with Gasteiger partial charge in [-0.25, -0.2) is 0 Å². The summed E-state index contributed by atoms with van der Waals surface area (Å²) in [6.45, 7) is 2.59. The maximum atomic E-state index is 11.7. The molecule has 1 unspecified atom stereocenters. The Labute approximate surface area is 97.2 Å². The summed E-state index contributed by atoms with van der Waals surface area (Å²) in [7, 11) is 1.64. The Bertz CT molecular complexity index is 389. The van der Waals surface area contributed by atoms with Gasteiger partial charge in [0.25, 0.3) is 5.56 Å². The zero-order chi connectivity index (χ0) is 11.4. The average Bonchev–Trinajstić information content (AvgIpc) is 2.19. The molecular weight excluding hydrogens is 260 g/mol. The van der Waals surface area contributed by atoms with Gasteiger partial charge in [-0.15, -0.1) is 0 Å². The van der Waals surface area contributed by atoms with Crippen molar-refractivity contribution < 1.29 is 4.74 Å². The molecule has 0 saturated carbocycles. The highest BCUT2D eigenvalue weighted by Crippen LogP contribution is 2.14. The number of hydrogen-bond donors (Lipinski definition) is 1. The molecule has 1 aromatic heterocycles. The predicted molar refractivity (Wildman–Crippen MR) is 64.0 cm³/mol. The molecule has 0 amide bonds. The minimum absolute atomic E-state index is 0.0622. The summed E-state index contributed by atoms with van der Waals surface area (Å²) in [5.41, 5.74) is 6.19. The normalized spacial score (nSPS) is 12.7. The highest BCUT2D eigenvalue weighted by atomic mass is 79.9. The lowest BCUT2D eigenvalue weighted by atomic mass is 10.2. The lowest BCUT2D eigenvalue weighted by molar-refractivity contribution is 0.180. The van der Waals surface area contributed by atoms with Crippen LogP contribution in [-0.2, 0) is 4.74 Å². The van der Waals surface area contributed by atoms with E-state index in [0.717, 1.165) is 6.42 Å². The Kier molecular flexibility index (Phi) is 4.35. The first-order valence-corrected chi connectivity index (χ1v) is 5.51. The number of rotatable bonds is 4. The van der Waals surface area contributed by atoms with Crippen LogP contribution < -0.4 is 11.3 Å². The molecule has 0 aliphatic rings. The monoisotopic (exact) mass is 274 g/mol. The molecule has 84 valence electrons. The van der Waals surface area contributed by atoms with Crippen molar-refractivity contribution in [3.63, 3.8) is 0 Å². The van der Waals surface area contributed by atoms with Crippen LogP contribution in [0.1, 0.15) is 19.4 Å². The number of hydrogen-bond acceptors (Lipinski definition) is 3. The molecule has 2 N–H and O–H groups in total. The molecule has 0 radical (unpaired) electrons. The Balaban J connectivity index is 2.98. The maximum absolute atomic E-state index is 11.7. The highest BCUT2D eigenvalue weighted by Gasteiger charge is 2.09. The first kappa shape index (κ1) is 12.3. The number of methoxy groups -OCH3 is 1. The van der Waals surface area contributed by atoms with Crippen LogP contribution in [0.15, 0.2) is 21.5 Å². The van der Waals surface area contributed by atoms with Gasteiger partial charge in [0.2, 0.25) is 0 Å². The summed E-state index contributed by atoms with van der Waals surface area (Å²) >= 11 is 3.19. The van der Waals surface area contributed by atoms with Gasteiger partial charge in [0.1, 0.15) is 0 Å². The molecule has 0 saturated heterocycles. The summed E-state index contributed by atoms with van der Waals surface area (Å²) in [6.07, 6.45) is 2.44. The van der Waals surface area contributed by atoms with Gasteiger partial charge in [0.15, 0.2) is 0 Å². The topological polar surface area (TPSA) is 57.2 Å². The van der Waals surface area contributed by atoms with Crippen molar-refractivity contribution in [2.45, 2.75) is 19.4 Å². The lowest BCUT2D eigenvalue weighted by Crippen LogP contribution is -2.24. The van der Waals surface area contributed by atoms with Crippen molar-refractivity contribution >= 4 is 21.6 Å². The molecule has 0 spiro atoms. The molecule has 0 fully saturated rings. The summed E-state index contributed by atoms with van der Waals surface area (Å²) in [4.78, 5) is 11.7. The smallest absolute Gasteiger partial charge is 0.265 e. The molecule has 0 aliphatic carbocycles. The van der Waals surface area contributed by atoms with Gasteiger partial charge >= 0.3 is 0 Å². The first-order valence-electron chi connectivity index (χ1n) is 4.72. The van der Waals surface area contributed by atoms with Crippen molar-refractivity contribution in [1.29, 1.82) is 0 Å². The number of anilines is 1. The largest absolute Gasteiger partial charge is 0.398 e. The SMILES string of the molecule is COCCC(C)n1cc(N)cc(Br)c1=O. The third-order valence-electron chi connectivity index (χ3n) is 2.23. The summed E-state index contributed by atoms with van der Waals surface area (Å²) in [5, 5.41) is 0. The van der Waals surface area contributed by atoms with Crippen molar-refractivity contribution in [3.8, 4) is 0 Å².